The number of fused-ring (bicyclic) bond motifs is 1. The van der Waals surface area contributed by atoms with Crippen LogP contribution < -0.4 is 5.73 Å². The third kappa shape index (κ3) is 1.43. The Morgan fingerprint density at radius 2 is 2.31 bits per heavy atom. The Kier molecular flexibility index (Phi) is 2.04. The highest BCUT2D eigenvalue weighted by Gasteiger charge is 2.41. The molecular formula is C13H17N3. The molecule has 1 aliphatic rings. The van der Waals surface area contributed by atoms with E-state index in [9.17, 15) is 0 Å². The predicted octanol–water partition coefficient (Wildman–Crippen LogP) is 1.85. The molecule has 2 N–H and O–H groups in total. The summed E-state index contributed by atoms with van der Waals surface area (Å²) in [4.78, 5) is 4.41. The maximum Gasteiger partial charge on any atom is 0.139 e. The third-order valence-electron chi connectivity index (χ3n) is 3.77. The number of pyridine rings is 1. The molecule has 3 heteroatoms. The number of aryl methyl sites for hydroxylation is 1. The van der Waals surface area contributed by atoms with Crippen molar-refractivity contribution in [1.29, 1.82) is 0 Å². The highest BCUT2D eigenvalue weighted by molar-refractivity contribution is 5.80. The smallest absolute Gasteiger partial charge is 0.139 e. The van der Waals surface area contributed by atoms with Gasteiger partial charge in [0.05, 0.1) is 0 Å². The van der Waals surface area contributed by atoms with Gasteiger partial charge in [0.2, 0.25) is 0 Å². The lowest BCUT2D eigenvalue weighted by Gasteiger charge is -2.10. The Morgan fingerprint density at radius 3 is 3.00 bits per heavy atom. The molecule has 0 bridgehead atoms. The highest BCUT2D eigenvalue weighted by Crippen LogP contribution is 2.48. The molecule has 0 unspecified atom stereocenters. The van der Waals surface area contributed by atoms with E-state index in [2.05, 4.69) is 28.9 Å². The second-order valence-corrected chi connectivity index (χ2v) is 5.02. The van der Waals surface area contributed by atoms with Crippen LogP contribution in [0.1, 0.15) is 18.4 Å². The van der Waals surface area contributed by atoms with E-state index in [1.54, 1.807) is 0 Å². The minimum atomic E-state index is 0.393. The van der Waals surface area contributed by atoms with Crippen molar-refractivity contribution in [3.8, 4) is 0 Å². The molecule has 3 rings (SSSR count). The number of aromatic nitrogens is 2. The first kappa shape index (κ1) is 9.85. The molecule has 0 aliphatic heterocycles. The van der Waals surface area contributed by atoms with Gasteiger partial charge in [-0.1, -0.05) is 0 Å². The zero-order chi connectivity index (χ0) is 11.2. The van der Waals surface area contributed by atoms with Crippen LogP contribution in [0.3, 0.4) is 0 Å². The van der Waals surface area contributed by atoms with Gasteiger partial charge >= 0.3 is 0 Å². The van der Waals surface area contributed by atoms with E-state index in [0.717, 1.165) is 18.6 Å². The Bertz CT molecular complexity index is 523. The molecule has 0 saturated heterocycles. The number of hydrogen-bond acceptors (Lipinski definition) is 2. The van der Waals surface area contributed by atoms with E-state index in [0.29, 0.717) is 5.41 Å². The van der Waals surface area contributed by atoms with E-state index >= 15 is 0 Å². The van der Waals surface area contributed by atoms with E-state index in [-0.39, 0.29) is 0 Å². The number of nitrogens with zero attached hydrogens (tertiary/aromatic N) is 2. The van der Waals surface area contributed by atoms with E-state index in [1.807, 2.05) is 12.3 Å². The van der Waals surface area contributed by atoms with E-state index in [1.165, 1.54) is 23.8 Å². The van der Waals surface area contributed by atoms with Crippen LogP contribution >= 0.6 is 0 Å². The predicted molar refractivity (Wildman–Crippen MR) is 65.1 cm³/mol. The molecule has 0 amide bonds. The monoisotopic (exact) mass is 215 g/mol. The molecule has 0 aromatic carbocycles. The second kappa shape index (κ2) is 3.32. The summed E-state index contributed by atoms with van der Waals surface area (Å²) in [6, 6.07) is 4.16. The van der Waals surface area contributed by atoms with Crippen molar-refractivity contribution in [2.24, 2.45) is 18.2 Å². The Balaban J connectivity index is 2.04. The van der Waals surface area contributed by atoms with Gasteiger partial charge in [0.15, 0.2) is 0 Å². The normalized spacial score (nSPS) is 17.9. The Hall–Kier alpha value is -1.35. The summed E-state index contributed by atoms with van der Waals surface area (Å²) >= 11 is 0. The van der Waals surface area contributed by atoms with Crippen molar-refractivity contribution in [1.82, 2.24) is 9.55 Å². The summed E-state index contributed by atoms with van der Waals surface area (Å²) in [7, 11) is 2.06. The van der Waals surface area contributed by atoms with Crippen LogP contribution in [0.2, 0.25) is 0 Å². The maximum absolute atomic E-state index is 5.85. The fraction of sp³-hybridized carbons (Fsp3) is 0.462. The largest absolute Gasteiger partial charge is 0.335 e. The topological polar surface area (TPSA) is 43.8 Å². The summed E-state index contributed by atoms with van der Waals surface area (Å²) in [6.45, 7) is 0.809. The molecule has 1 saturated carbocycles. The van der Waals surface area contributed by atoms with Crippen molar-refractivity contribution in [3.05, 3.63) is 30.1 Å². The molecule has 1 fully saturated rings. The van der Waals surface area contributed by atoms with Gasteiger partial charge < -0.3 is 10.3 Å². The van der Waals surface area contributed by atoms with Crippen LogP contribution in [0.5, 0.6) is 0 Å². The standard InChI is InChI=1S/C13H17N3/c1-16-8-10(7-13(9-14)4-5-13)11-3-2-6-15-12(11)16/h2-3,6,8H,4-5,7,9,14H2,1H3. The summed E-state index contributed by atoms with van der Waals surface area (Å²) in [5.74, 6) is 0. The molecule has 1 aliphatic carbocycles. The van der Waals surface area contributed by atoms with Gasteiger partial charge in [-0.3, -0.25) is 0 Å². The van der Waals surface area contributed by atoms with Crippen LogP contribution in [0.25, 0.3) is 11.0 Å². The molecule has 16 heavy (non-hydrogen) atoms. The highest BCUT2D eigenvalue weighted by atomic mass is 15.0. The van der Waals surface area contributed by atoms with Gasteiger partial charge in [-0.05, 0) is 48.9 Å². The number of rotatable bonds is 3. The second-order valence-electron chi connectivity index (χ2n) is 5.02. The molecule has 84 valence electrons. The van der Waals surface area contributed by atoms with Crippen LogP contribution in [0, 0.1) is 5.41 Å². The fourth-order valence-corrected chi connectivity index (χ4v) is 2.47. The average molecular weight is 215 g/mol. The van der Waals surface area contributed by atoms with Crippen LogP contribution in [0.4, 0.5) is 0 Å². The van der Waals surface area contributed by atoms with Gasteiger partial charge in [-0.2, -0.15) is 0 Å². The molecule has 0 atom stereocenters. The molecular weight excluding hydrogens is 198 g/mol. The molecule has 2 heterocycles. The molecule has 2 aromatic rings. The van der Waals surface area contributed by atoms with Crippen molar-refractivity contribution >= 4 is 11.0 Å². The van der Waals surface area contributed by atoms with E-state index < -0.39 is 0 Å². The lowest BCUT2D eigenvalue weighted by molar-refractivity contribution is 0.522. The van der Waals surface area contributed by atoms with Crippen LogP contribution in [-0.4, -0.2) is 16.1 Å². The summed E-state index contributed by atoms with van der Waals surface area (Å²) < 4.78 is 2.11. The molecule has 3 nitrogen and oxygen atoms in total. The lowest BCUT2D eigenvalue weighted by Crippen LogP contribution is -2.17. The first-order chi connectivity index (χ1) is 7.74. The van der Waals surface area contributed by atoms with Crippen molar-refractivity contribution in [2.45, 2.75) is 19.3 Å². The van der Waals surface area contributed by atoms with Crippen molar-refractivity contribution in [2.75, 3.05) is 6.54 Å². The average Bonchev–Trinajstić information content (AvgIpc) is 3.02. The first-order valence-corrected chi connectivity index (χ1v) is 5.83. The summed E-state index contributed by atoms with van der Waals surface area (Å²) in [5.41, 5.74) is 8.71. The van der Waals surface area contributed by atoms with Crippen molar-refractivity contribution < 1.29 is 0 Å². The zero-order valence-corrected chi connectivity index (χ0v) is 9.61. The fourth-order valence-electron chi connectivity index (χ4n) is 2.47. The zero-order valence-electron chi connectivity index (χ0n) is 9.61. The van der Waals surface area contributed by atoms with Crippen LogP contribution in [0.15, 0.2) is 24.5 Å². The first-order valence-electron chi connectivity index (χ1n) is 5.83. The SMILES string of the molecule is Cn1cc(CC2(CN)CC2)c2cccnc21. The number of hydrogen-bond donors (Lipinski definition) is 1. The number of nitrogens with two attached hydrogens (primary N) is 1. The van der Waals surface area contributed by atoms with Gasteiger partial charge in [0.1, 0.15) is 5.65 Å². The minimum Gasteiger partial charge on any atom is -0.335 e. The van der Waals surface area contributed by atoms with Gasteiger partial charge in [-0.15, -0.1) is 0 Å². The summed E-state index contributed by atoms with van der Waals surface area (Å²) in [5, 5.41) is 1.28. The van der Waals surface area contributed by atoms with Gasteiger partial charge in [0.25, 0.3) is 0 Å². The van der Waals surface area contributed by atoms with Crippen molar-refractivity contribution in [3.63, 3.8) is 0 Å². The Labute approximate surface area is 95.3 Å². The lowest BCUT2D eigenvalue weighted by atomic mass is 9.97. The summed E-state index contributed by atoms with van der Waals surface area (Å²) in [6.07, 6.45) is 7.71. The van der Waals surface area contributed by atoms with Gasteiger partial charge in [0, 0.05) is 24.8 Å². The van der Waals surface area contributed by atoms with E-state index in [4.69, 9.17) is 5.73 Å². The van der Waals surface area contributed by atoms with Gasteiger partial charge in [-0.25, -0.2) is 4.98 Å². The molecule has 2 aromatic heterocycles. The quantitative estimate of drug-likeness (QED) is 0.849. The minimum absolute atomic E-state index is 0.393. The molecule has 0 radical (unpaired) electrons. The third-order valence-corrected chi connectivity index (χ3v) is 3.77. The molecule has 0 spiro atoms. The van der Waals surface area contributed by atoms with Crippen LogP contribution in [-0.2, 0) is 13.5 Å². The Morgan fingerprint density at radius 1 is 1.50 bits per heavy atom. The maximum atomic E-state index is 5.85.